The summed E-state index contributed by atoms with van der Waals surface area (Å²) >= 11 is 16.9. The summed E-state index contributed by atoms with van der Waals surface area (Å²) in [6, 6.07) is 22.9. The van der Waals surface area contributed by atoms with Crippen LogP contribution in [-0.4, -0.2) is 304 Å². The molecule has 12 heterocycles. The van der Waals surface area contributed by atoms with Crippen molar-refractivity contribution in [3.8, 4) is 17.2 Å². The number of unbranched alkanes of at least 4 members (excludes halogenated alkanes) is 3. The molecule has 12 aliphatic heterocycles. The van der Waals surface area contributed by atoms with Gasteiger partial charge in [0, 0.05) is 140 Å². The molecule has 0 aromatic heterocycles. The summed E-state index contributed by atoms with van der Waals surface area (Å²) in [7, 11) is 11.4. The number of azide groups is 3. The number of aliphatic hydroxyl groups is 1. The van der Waals surface area contributed by atoms with Crippen molar-refractivity contribution in [1.82, 2.24) is 52.3 Å². The number of ether oxygens (including phenoxy) is 7. The third-order valence-corrected chi connectivity index (χ3v) is 35.1. The quantitative estimate of drug-likeness (QED) is 0.00290. The Morgan fingerprint density at radius 1 is 0.404 bits per heavy atom. The Labute approximate surface area is 863 Å². The second-order valence-corrected chi connectivity index (χ2v) is 42.4. The third kappa shape index (κ3) is 38.0. The number of aliphatic hydroxyl groups excluding tert-OH is 1. The van der Waals surface area contributed by atoms with Crippen LogP contribution in [0.3, 0.4) is 0 Å². The fraction of sp³-hybridized carbons (Fsp3) is 0.670. The number of carbonyl (C=O) groups is 12. The Hall–Kier alpha value is -9.26. The van der Waals surface area contributed by atoms with Gasteiger partial charge in [0.1, 0.15) is 35.4 Å². The molecule has 0 aliphatic carbocycles. The summed E-state index contributed by atoms with van der Waals surface area (Å²) in [4.78, 5) is 148. The van der Waals surface area contributed by atoms with Crippen LogP contribution in [0.4, 0.5) is 19.2 Å². The van der Waals surface area contributed by atoms with Crippen LogP contribution >= 0.6 is 82.2 Å². The standard InChI is InChI=1S/C20H26N4O4S.C20H27NO4S.C11H17N5O3S.C11H18N2O3S.C10H15N5O3S.C10H16N2O3S.C8H9ClO.CH4O.Li.H2O/c1-27-15-8-6-13(7-9-15)11-24-18(25)10-14-12-29-17(19(14)24)5-3-4-16(22-23-21)20(26)28-2;1-24-16-9-7-14(8-10-16)12-21-18(22)11-15-13-26-17(20(15)21)5-3-4-6-19(23)25-2;1-19-10(17)6(15-16-12)3-2-4-8-9-7(5-20-8)13-11(18)14-9;1-16-9(14)5-3-2-4-8-10-7(6-17-8)12-11(15)13-10;11-15-14-5(9(16)17)2-1-3-7-8-6(4-19-7)12-10(18)13-8;13-8(14)4-2-1-3-7-9-6(5-16-7)11-10(15)12-9;1-10-8-4-2-7(6-9)3-5-8;1-2;;/h6-9,14,16-17,19H,3-5,10-12H2,1-2H3;7-10,15,17,20H,3-6,11-13H2,1-2H3;6-9H,2-5H2,1H3,(H2,13,14,18);7-8,10H,2-6H2,1H3,(H2,12,13,15);5-8H,1-4H2,(H,16,17)(H2,12,13,18);6-7,9H,1-5H2,(H,13,14)(H2,11,12,15);2-5H,6H2,1H3;2H,1H3;;1H2/q;;;;;;;;+1;/p-1/t;;6?,7-,8-,9-;;5?,6-,7-,8-;6-,7-,9-;;;;/m..0.00..../s1. The SMILES string of the molecule is CO.COC(=O)C(CCCC1SCC2CC(=O)N(Cc3ccc(OC)cc3)C21)N=[N+]=[N-].COC(=O)C(CCC[C@@H]1SC[C@@H]2NC(=O)N[C@@H]21)N=[N+]=[N-].COC(=O)CCCCC1SCC2CC(=O)N(Cc3ccc(OC)cc3)C21.COC(=O)CCCCC1SCC2NC(=O)NC21.COc1ccc(CCl)cc1.O=C(O)CCCC[C@@H]1SC[C@@H]2NC(=O)N[C@@H]21.[Li+].[N-]=[N+]=NC(CCC[C@@H]1SC[C@@H]2NC(=O)N[C@@H]21)C(=O)O.[OH-]. The number of esters is 4. The molecule has 141 heavy (non-hydrogen) atoms. The fourth-order valence-corrected chi connectivity index (χ4v) is 28.3. The first-order valence-electron chi connectivity index (χ1n) is 46.5. The number of amides is 10. The summed E-state index contributed by atoms with van der Waals surface area (Å²) in [5, 5.41) is 60.2. The molecule has 3 aromatic rings. The summed E-state index contributed by atoms with van der Waals surface area (Å²) in [6.45, 7) is 1.27. The normalized spacial score (nSPS) is 25.6. The second kappa shape index (κ2) is 64.5. The van der Waals surface area contributed by atoms with E-state index in [1.807, 2.05) is 137 Å². The van der Waals surface area contributed by atoms with Gasteiger partial charge < -0.3 is 106 Å². The van der Waals surface area contributed by atoms with Crippen LogP contribution in [0.2, 0.25) is 0 Å². The third-order valence-electron chi connectivity index (χ3n) is 25.6. The van der Waals surface area contributed by atoms with Crippen molar-refractivity contribution >= 4 is 154 Å². The predicted octanol–water partition coefficient (Wildman–Crippen LogP) is 9.62. The van der Waals surface area contributed by atoms with E-state index < -0.39 is 42.0 Å². The molecular formula is C91H133ClLiN19O23S6. The van der Waals surface area contributed by atoms with Gasteiger partial charge in [0.15, 0.2) is 0 Å². The molecule has 15 rings (SSSR count). The van der Waals surface area contributed by atoms with E-state index in [2.05, 4.69) is 87.0 Å². The molecule has 21 atom stereocenters. The summed E-state index contributed by atoms with van der Waals surface area (Å²) in [6.07, 6.45) is 16.9. The van der Waals surface area contributed by atoms with Crippen LogP contribution in [0.15, 0.2) is 88.1 Å². The first-order valence-corrected chi connectivity index (χ1v) is 53.3. The summed E-state index contributed by atoms with van der Waals surface area (Å²) in [5.41, 5.74) is 28.7. The Bertz CT molecular complexity index is 4630. The number of halogens is 1. The number of thioether (sulfide) groups is 6. The van der Waals surface area contributed by atoms with E-state index in [-0.39, 0.29) is 133 Å². The molecule has 0 saturated carbocycles. The monoisotopic (exact) mass is 2090 g/mol. The first kappa shape index (κ1) is 120. The molecule has 12 fully saturated rings. The van der Waals surface area contributed by atoms with Gasteiger partial charge in [-0.3, -0.25) is 38.4 Å². The zero-order valence-electron chi connectivity index (χ0n) is 81.0. The van der Waals surface area contributed by atoms with Crippen molar-refractivity contribution in [3.05, 3.63) is 121 Å². The van der Waals surface area contributed by atoms with E-state index >= 15 is 0 Å². The smallest absolute Gasteiger partial charge is 0.870 e. The second-order valence-electron chi connectivity index (χ2n) is 34.5. The predicted molar refractivity (Wildman–Crippen MR) is 537 cm³/mol. The number of carboxylic acids is 2. The number of alkyl halides is 1. The summed E-state index contributed by atoms with van der Waals surface area (Å²) < 4.78 is 34.0. The zero-order valence-corrected chi connectivity index (χ0v) is 86.6. The van der Waals surface area contributed by atoms with Gasteiger partial charge in [0.25, 0.3) is 0 Å². The first-order chi connectivity index (χ1) is 67.2. The minimum absolute atomic E-state index is 0. The molecule has 774 valence electrons. The van der Waals surface area contributed by atoms with Gasteiger partial charge in [-0.05, 0) is 170 Å². The number of hydrogen-bond acceptors (Lipinski definition) is 30. The maximum atomic E-state index is 12.6. The minimum atomic E-state index is -1.09. The van der Waals surface area contributed by atoms with Crippen LogP contribution < -0.4 is 75.6 Å². The van der Waals surface area contributed by atoms with Gasteiger partial charge in [0.2, 0.25) is 11.8 Å². The van der Waals surface area contributed by atoms with Crippen molar-refractivity contribution in [2.24, 2.45) is 27.2 Å². The van der Waals surface area contributed by atoms with Crippen LogP contribution in [0.5, 0.6) is 17.2 Å². The van der Waals surface area contributed by atoms with E-state index in [4.69, 9.17) is 67.2 Å². The molecule has 12 N–H and O–H groups in total. The van der Waals surface area contributed by atoms with Gasteiger partial charge in [-0.25, -0.2) is 19.2 Å². The maximum absolute atomic E-state index is 12.6. The number of benzene rings is 3. The van der Waals surface area contributed by atoms with Gasteiger partial charge in [-0.1, -0.05) is 90.3 Å². The maximum Gasteiger partial charge on any atom is 1.00 e. The van der Waals surface area contributed by atoms with Crippen molar-refractivity contribution in [2.45, 2.75) is 277 Å². The average molecular weight is 2100 g/mol. The molecular weight excluding hydrogens is 1960 g/mol. The van der Waals surface area contributed by atoms with Crippen LogP contribution in [0.1, 0.15) is 164 Å². The van der Waals surface area contributed by atoms with Gasteiger partial charge in [0.05, 0.1) is 98.1 Å². The number of methoxy groups -OCH3 is 7. The molecule has 12 aliphatic rings. The van der Waals surface area contributed by atoms with E-state index in [0.717, 1.165) is 165 Å². The number of carbonyl (C=O) groups excluding carboxylic acids is 10. The van der Waals surface area contributed by atoms with E-state index in [9.17, 15) is 57.5 Å². The number of hydrogen-bond donors (Lipinski definition) is 11. The average Bonchev–Trinajstić information content (AvgIpc) is 1.62. The molecule has 3 aromatic carbocycles. The van der Waals surface area contributed by atoms with E-state index in [0.29, 0.717) is 120 Å². The Kier molecular flexibility index (Phi) is 55.1. The molecule has 0 bridgehead atoms. The Balaban J connectivity index is 0.000000255. The molecule has 50 heteroatoms. The summed E-state index contributed by atoms with van der Waals surface area (Å²) in [5.74, 6) is 7.08. The number of likely N-dealkylation sites (tertiary alicyclic amines) is 2. The van der Waals surface area contributed by atoms with Crippen molar-refractivity contribution < 1.29 is 130 Å². The molecule has 42 nitrogen and oxygen atoms in total. The number of urea groups is 4. The molecule has 0 radical (unpaired) electrons. The van der Waals surface area contributed by atoms with Gasteiger partial charge in [-0.15, -0.1) is 11.6 Å². The van der Waals surface area contributed by atoms with Crippen LogP contribution in [0.25, 0.3) is 31.3 Å². The number of nitrogens with one attached hydrogen (secondary N) is 8. The van der Waals surface area contributed by atoms with Crippen molar-refractivity contribution in [2.75, 3.05) is 91.4 Å². The van der Waals surface area contributed by atoms with Gasteiger partial charge in [-0.2, -0.15) is 70.6 Å². The van der Waals surface area contributed by atoms with E-state index in [1.165, 1.54) is 28.4 Å². The number of rotatable bonds is 41. The van der Waals surface area contributed by atoms with Crippen molar-refractivity contribution in [3.63, 3.8) is 0 Å². The fourth-order valence-electron chi connectivity index (χ4n) is 18.5. The van der Waals surface area contributed by atoms with E-state index in [1.54, 1.807) is 33.1 Å². The number of nitrogens with zero attached hydrogens (tertiary/aromatic N) is 11. The molecule has 12 unspecified atom stereocenters. The zero-order chi connectivity index (χ0) is 101. The van der Waals surface area contributed by atoms with Crippen LogP contribution in [0, 0.1) is 11.8 Å². The molecule has 0 spiro atoms. The topological polar surface area (TPSA) is 609 Å². The number of fused-ring (bicyclic) bond motifs is 6. The Morgan fingerprint density at radius 2 is 0.688 bits per heavy atom. The minimum Gasteiger partial charge on any atom is -0.870 e. The number of aliphatic carboxylic acids is 2. The largest absolute Gasteiger partial charge is 1.00 e. The van der Waals surface area contributed by atoms with Crippen molar-refractivity contribution in [1.29, 1.82) is 0 Å². The molecule has 12 saturated heterocycles. The molecule has 10 amide bonds. The number of carboxylic acid groups (broad SMARTS) is 2. The van der Waals surface area contributed by atoms with Crippen LogP contribution in [-0.2, 0) is 76.3 Å². The Morgan fingerprint density at radius 3 is 0.979 bits per heavy atom. The van der Waals surface area contributed by atoms with Gasteiger partial charge >= 0.3 is 78.8 Å².